The Morgan fingerprint density at radius 2 is 1.48 bits per heavy atom. The summed E-state index contributed by atoms with van der Waals surface area (Å²) >= 11 is 0. The van der Waals surface area contributed by atoms with Crippen molar-refractivity contribution in [2.75, 3.05) is 6.61 Å². The molecular formula is C26H36F2O3. The average Bonchev–Trinajstić information content (AvgIpc) is 2.78. The average molecular weight is 435 g/mol. The van der Waals surface area contributed by atoms with Crippen LogP contribution < -0.4 is 4.74 Å². The maximum atomic E-state index is 14.6. The Labute approximate surface area is 184 Å². The van der Waals surface area contributed by atoms with Crippen molar-refractivity contribution in [1.29, 1.82) is 0 Å². The topological polar surface area (TPSA) is 35.5 Å². The van der Waals surface area contributed by atoms with Crippen LogP contribution in [0.3, 0.4) is 0 Å². The first-order chi connectivity index (χ1) is 15.0. The van der Waals surface area contributed by atoms with Crippen LogP contribution in [-0.2, 0) is 9.53 Å². The molecule has 1 aromatic rings. The molecule has 0 spiro atoms. The summed E-state index contributed by atoms with van der Waals surface area (Å²) < 4.78 is 39.5. The number of cyclic esters (lactones) is 1. The van der Waals surface area contributed by atoms with Gasteiger partial charge in [0, 0.05) is 0 Å². The third-order valence-electron chi connectivity index (χ3n) is 8.14. The van der Waals surface area contributed by atoms with E-state index in [1.165, 1.54) is 12.8 Å². The highest BCUT2D eigenvalue weighted by molar-refractivity contribution is 5.73. The van der Waals surface area contributed by atoms with E-state index < -0.39 is 11.6 Å². The molecule has 0 amide bonds. The highest BCUT2D eigenvalue weighted by Gasteiger charge is 2.38. The third-order valence-corrected chi connectivity index (χ3v) is 8.14. The second kappa shape index (κ2) is 9.87. The Bertz CT molecular complexity index is 764. The van der Waals surface area contributed by atoms with Crippen LogP contribution in [0.4, 0.5) is 8.78 Å². The van der Waals surface area contributed by atoms with E-state index in [1.807, 2.05) is 6.92 Å². The Morgan fingerprint density at radius 3 is 2.10 bits per heavy atom. The van der Waals surface area contributed by atoms with Gasteiger partial charge in [0.2, 0.25) is 5.82 Å². The standard InChI is InChI=1S/C26H36F2O3/c1-3-30-23-15-14-21(24(27)25(23)28)19-9-5-17(6-10-19)18-7-11-20(12-8-18)22-13-4-16(2)31-26(22)29/h14-20,22H,3-13H2,1-2H3. The SMILES string of the molecule is CCOc1ccc(C2CCC(C3CCC(C4CCC(C)OC4=O)CC3)CC2)c(F)c1F. The maximum absolute atomic E-state index is 14.6. The summed E-state index contributed by atoms with van der Waals surface area (Å²) in [5.41, 5.74) is 0.508. The van der Waals surface area contributed by atoms with Crippen molar-refractivity contribution in [3.05, 3.63) is 29.3 Å². The van der Waals surface area contributed by atoms with Crippen LogP contribution in [0.2, 0.25) is 0 Å². The van der Waals surface area contributed by atoms with Gasteiger partial charge in [-0.3, -0.25) is 4.79 Å². The van der Waals surface area contributed by atoms with Gasteiger partial charge in [0.25, 0.3) is 0 Å². The molecule has 0 aromatic heterocycles. The fraction of sp³-hybridized carbons (Fsp3) is 0.731. The number of hydrogen-bond acceptors (Lipinski definition) is 3. The van der Waals surface area contributed by atoms with E-state index in [4.69, 9.17) is 9.47 Å². The van der Waals surface area contributed by atoms with Crippen molar-refractivity contribution >= 4 is 5.97 Å². The van der Waals surface area contributed by atoms with E-state index >= 15 is 0 Å². The van der Waals surface area contributed by atoms with Crippen molar-refractivity contribution in [2.24, 2.45) is 23.7 Å². The zero-order chi connectivity index (χ0) is 22.0. The molecule has 1 aromatic carbocycles. The minimum Gasteiger partial charge on any atom is -0.491 e. The normalized spacial score (nSPS) is 34.3. The second-order valence-corrected chi connectivity index (χ2v) is 9.93. The summed E-state index contributed by atoms with van der Waals surface area (Å²) in [5, 5.41) is 0. The Balaban J connectivity index is 1.28. The van der Waals surface area contributed by atoms with Crippen LogP contribution in [0.1, 0.15) is 89.5 Å². The molecule has 2 unspecified atom stereocenters. The first-order valence-electron chi connectivity index (χ1n) is 12.3. The van der Waals surface area contributed by atoms with Gasteiger partial charge in [-0.15, -0.1) is 0 Å². The zero-order valence-electron chi connectivity index (χ0n) is 18.9. The Hall–Kier alpha value is -1.65. The van der Waals surface area contributed by atoms with Gasteiger partial charge < -0.3 is 9.47 Å². The molecule has 2 aliphatic carbocycles. The largest absolute Gasteiger partial charge is 0.491 e. The van der Waals surface area contributed by atoms with Gasteiger partial charge in [-0.1, -0.05) is 6.07 Å². The van der Waals surface area contributed by atoms with Crippen molar-refractivity contribution in [3.8, 4) is 5.75 Å². The molecule has 0 bridgehead atoms. The van der Waals surface area contributed by atoms with E-state index in [0.717, 1.165) is 51.4 Å². The van der Waals surface area contributed by atoms with Crippen molar-refractivity contribution in [3.63, 3.8) is 0 Å². The predicted molar refractivity (Wildman–Crippen MR) is 116 cm³/mol. The molecule has 3 nitrogen and oxygen atoms in total. The number of benzene rings is 1. The summed E-state index contributed by atoms with van der Waals surface area (Å²) in [6.07, 6.45) is 10.7. The summed E-state index contributed by atoms with van der Waals surface area (Å²) in [5.74, 6) is 0.497. The van der Waals surface area contributed by atoms with Crippen LogP contribution in [-0.4, -0.2) is 18.7 Å². The molecule has 0 N–H and O–H groups in total. The van der Waals surface area contributed by atoms with Gasteiger partial charge in [-0.25, -0.2) is 4.39 Å². The minimum absolute atomic E-state index is 0.00509. The molecule has 4 rings (SSSR count). The smallest absolute Gasteiger partial charge is 0.309 e. The molecule has 31 heavy (non-hydrogen) atoms. The molecule has 1 aliphatic heterocycles. The molecule has 172 valence electrons. The maximum Gasteiger partial charge on any atom is 0.309 e. The molecule has 1 heterocycles. The van der Waals surface area contributed by atoms with Crippen LogP contribution in [0.25, 0.3) is 0 Å². The van der Waals surface area contributed by atoms with Crippen LogP contribution >= 0.6 is 0 Å². The van der Waals surface area contributed by atoms with E-state index in [-0.39, 0.29) is 29.7 Å². The van der Waals surface area contributed by atoms with Gasteiger partial charge in [0.1, 0.15) is 0 Å². The zero-order valence-corrected chi connectivity index (χ0v) is 18.9. The van der Waals surface area contributed by atoms with Gasteiger partial charge in [-0.05, 0) is 113 Å². The monoisotopic (exact) mass is 434 g/mol. The number of hydrogen-bond donors (Lipinski definition) is 0. The first-order valence-corrected chi connectivity index (χ1v) is 12.3. The van der Waals surface area contributed by atoms with Gasteiger partial charge in [0.15, 0.2) is 11.6 Å². The van der Waals surface area contributed by atoms with Crippen molar-refractivity contribution < 1.29 is 23.0 Å². The van der Waals surface area contributed by atoms with Crippen LogP contribution in [0, 0.1) is 35.3 Å². The van der Waals surface area contributed by atoms with Gasteiger partial charge in [-0.2, -0.15) is 4.39 Å². The fourth-order valence-corrected chi connectivity index (χ4v) is 6.35. The highest BCUT2D eigenvalue weighted by atomic mass is 19.2. The van der Waals surface area contributed by atoms with Crippen molar-refractivity contribution in [1.82, 2.24) is 0 Å². The number of esters is 1. The van der Waals surface area contributed by atoms with E-state index in [1.54, 1.807) is 19.1 Å². The summed E-state index contributed by atoms with van der Waals surface area (Å²) in [6.45, 7) is 4.07. The number of carbonyl (C=O) groups is 1. The lowest BCUT2D eigenvalue weighted by molar-refractivity contribution is -0.162. The summed E-state index contributed by atoms with van der Waals surface area (Å²) in [7, 11) is 0. The molecule has 1 saturated heterocycles. The van der Waals surface area contributed by atoms with Crippen LogP contribution in [0.15, 0.2) is 12.1 Å². The molecule has 3 fully saturated rings. The molecular weight excluding hydrogens is 398 g/mol. The molecule has 5 heteroatoms. The first kappa shape index (κ1) is 22.5. The lowest BCUT2D eigenvalue weighted by Crippen LogP contribution is -2.36. The molecule has 3 aliphatic rings. The van der Waals surface area contributed by atoms with Crippen LogP contribution in [0.5, 0.6) is 5.75 Å². The Morgan fingerprint density at radius 1 is 0.871 bits per heavy atom. The highest BCUT2D eigenvalue weighted by Crippen LogP contribution is 2.46. The quantitative estimate of drug-likeness (QED) is 0.479. The lowest BCUT2D eigenvalue weighted by Gasteiger charge is -2.40. The van der Waals surface area contributed by atoms with E-state index in [9.17, 15) is 13.6 Å². The van der Waals surface area contributed by atoms with Gasteiger partial charge >= 0.3 is 5.97 Å². The lowest BCUT2D eigenvalue weighted by atomic mass is 9.66. The number of halogens is 2. The summed E-state index contributed by atoms with van der Waals surface area (Å²) in [4.78, 5) is 12.3. The minimum atomic E-state index is -0.851. The number of ether oxygens (including phenoxy) is 2. The van der Waals surface area contributed by atoms with Gasteiger partial charge in [0.05, 0.1) is 18.6 Å². The second-order valence-electron chi connectivity index (χ2n) is 9.93. The van der Waals surface area contributed by atoms with E-state index in [2.05, 4.69) is 0 Å². The molecule has 2 atom stereocenters. The number of carbonyl (C=O) groups excluding carboxylic acids is 1. The third kappa shape index (κ3) is 4.90. The molecule has 0 radical (unpaired) electrons. The predicted octanol–water partition coefficient (Wildman–Crippen LogP) is 6.79. The molecule has 2 saturated carbocycles. The van der Waals surface area contributed by atoms with Crippen molar-refractivity contribution in [2.45, 2.75) is 90.1 Å². The number of rotatable bonds is 5. The van der Waals surface area contributed by atoms with E-state index in [0.29, 0.717) is 29.9 Å². The summed E-state index contributed by atoms with van der Waals surface area (Å²) in [6, 6.07) is 3.28. The Kier molecular flexibility index (Phi) is 7.18. The fourth-order valence-electron chi connectivity index (χ4n) is 6.35.